The van der Waals surface area contributed by atoms with Crippen LogP contribution in [-0.2, 0) is 13.1 Å². The van der Waals surface area contributed by atoms with Gasteiger partial charge in [-0.25, -0.2) is 0 Å². The van der Waals surface area contributed by atoms with Gasteiger partial charge in [0.05, 0.1) is 21.5 Å². The lowest BCUT2D eigenvalue weighted by Gasteiger charge is -2.17. The minimum absolute atomic E-state index is 0.203. The smallest absolute Gasteiger partial charge is 0.262 e. The van der Waals surface area contributed by atoms with Crippen LogP contribution in [0.4, 0.5) is 0 Å². The van der Waals surface area contributed by atoms with Gasteiger partial charge in [-0.2, -0.15) is 0 Å². The molecule has 0 aliphatic rings. The second-order valence-electron chi connectivity index (χ2n) is 22.3. The van der Waals surface area contributed by atoms with Crippen LogP contribution >= 0.6 is 0 Å². The Labute approximate surface area is 432 Å². The normalized spacial score (nSPS) is 13.1. The summed E-state index contributed by atoms with van der Waals surface area (Å²) in [4.78, 5) is 60.5. The van der Waals surface area contributed by atoms with E-state index in [1.807, 2.05) is 54.6 Å². The van der Waals surface area contributed by atoms with Gasteiger partial charge in [0.2, 0.25) is 0 Å². The summed E-state index contributed by atoms with van der Waals surface area (Å²) in [7, 11) is 0. The molecule has 2 aromatic heterocycles. The third-order valence-electron chi connectivity index (χ3n) is 16.8. The first-order chi connectivity index (χ1) is 35.4. The van der Waals surface area contributed by atoms with E-state index in [-0.39, 0.29) is 34.1 Å². The summed E-state index contributed by atoms with van der Waals surface area (Å²) in [6.07, 6.45) is 38.8. The molecule has 2 atom stereocenters. The quantitative estimate of drug-likeness (QED) is 0.0290. The fourth-order valence-electron chi connectivity index (χ4n) is 12.6. The van der Waals surface area contributed by atoms with Crippen LogP contribution in [0.1, 0.15) is 233 Å². The maximum absolute atomic E-state index is 15.4. The van der Waals surface area contributed by atoms with E-state index in [1.54, 1.807) is 9.13 Å². The van der Waals surface area contributed by atoms with Gasteiger partial charge in [0.1, 0.15) is 0 Å². The van der Waals surface area contributed by atoms with Gasteiger partial charge in [0.15, 0.2) is 0 Å². The van der Waals surface area contributed by atoms with E-state index in [9.17, 15) is 4.79 Å². The van der Waals surface area contributed by atoms with Crippen LogP contribution in [-0.4, -0.2) is 9.13 Å². The van der Waals surface area contributed by atoms with Gasteiger partial charge in [0.25, 0.3) is 22.2 Å². The van der Waals surface area contributed by atoms with Crippen molar-refractivity contribution in [1.82, 2.24) is 9.13 Å². The molecule has 0 aliphatic carbocycles. The molecular formula is C66H92N2O4. The molecule has 0 radical (unpaired) electrons. The van der Waals surface area contributed by atoms with Gasteiger partial charge in [-0.1, -0.05) is 268 Å². The molecule has 0 saturated heterocycles. The monoisotopic (exact) mass is 977 g/mol. The van der Waals surface area contributed by atoms with E-state index in [0.717, 1.165) is 89.1 Å². The predicted octanol–water partition coefficient (Wildman–Crippen LogP) is 18.3. The lowest BCUT2D eigenvalue weighted by atomic mass is 9.88. The number of rotatable bonds is 36. The van der Waals surface area contributed by atoms with Crippen molar-refractivity contribution in [2.75, 3.05) is 0 Å². The molecule has 2 heterocycles. The average Bonchev–Trinajstić information content (AvgIpc) is 3.79. The summed E-state index contributed by atoms with van der Waals surface area (Å²) in [5.74, 6) is 0.494. The molecule has 0 spiro atoms. The van der Waals surface area contributed by atoms with Crippen molar-refractivity contribution in [2.24, 2.45) is 11.8 Å². The molecule has 0 aliphatic heterocycles. The van der Waals surface area contributed by atoms with Crippen LogP contribution < -0.4 is 22.2 Å². The summed E-state index contributed by atoms with van der Waals surface area (Å²) in [6, 6.07) is 20.1. The summed E-state index contributed by atoms with van der Waals surface area (Å²) >= 11 is 0. The van der Waals surface area contributed by atoms with Crippen molar-refractivity contribution in [3.05, 3.63) is 102 Å². The van der Waals surface area contributed by atoms with Crippen molar-refractivity contribution in [3.8, 4) is 0 Å². The fourth-order valence-corrected chi connectivity index (χ4v) is 12.6. The average molecular weight is 977 g/mol. The van der Waals surface area contributed by atoms with Crippen molar-refractivity contribution in [2.45, 2.75) is 246 Å². The number of benzene rings is 5. The highest BCUT2D eigenvalue weighted by atomic mass is 16.2. The number of hydrogen-bond donors (Lipinski definition) is 0. The van der Waals surface area contributed by atoms with Crippen molar-refractivity contribution < 1.29 is 0 Å². The first-order valence-corrected chi connectivity index (χ1v) is 29.9. The van der Waals surface area contributed by atoms with Gasteiger partial charge in [-0.3, -0.25) is 28.3 Å². The van der Waals surface area contributed by atoms with Crippen LogP contribution in [0.5, 0.6) is 0 Å². The van der Waals surface area contributed by atoms with Crippen molar-refractivity contribution in [3.63, 3.8) is 0 Å². The van der Waals surface area contributed by atoms with E-state index < -0.39 is 0 Å². The van der Waals surface area contributed by atoms with Crippen LogP contribution in [0.15, 0.2) is 79.8 Å². The lowest BCUT2D eigenvalue weighted by molar-refractivity contribution is 0.351. The third-order valence-corrected chi connectivity index (χ3v) is 16.8. The Bertz CT molecular complexity index is 3000. The molecule has 2 unspecified atom stereocenters. The number of aromatic nitrogens is 2. The molecule has 5 aromatic carbocycles. The molecule has 0 N–H and O–H groups in total. The van der Waals surface area contributed by atoms with Gasteiger partial charge < -0.3 is 0 Å². The highest BCUT2D eigenvalue weighted by Crippen LogP contribution is 2.42. The molecule has 6 heteroatoms. The zero-order chi connectivity index (χ0) is 50.7. The van der Waals surface area contributed by atoms with E-state index in [0.29, 0.717) is 40.0 Å². The molecular weight excluding hydrogens is 885 g/mol. The molecule has 0 bridgehead atoms. The number of fused-ring (bicyclic) bond motifs is 13. The number of hydrogen-bond acceptors (Lipinski definition) is 4. The fraction of sp³-hybridized carbons (Fsp3) is 0.606. The highest BCUT2D eigenvalue weighted by molar-refractivity contribution is 6.39. The lowest BCUT2D eigenvalue weighted by Crippen LogP contribution is -2.29. The summed E-state index contributed by atoms with van der Waals surface area (Å²) in [5.41, 5.74) is -0.862. The van der Waals surface area contributed by atoms with Gasteiger partial charge in [-0.05, 0) is 75.2 Å². The van der Waals surface area contributed by atoms with E-state index in [4.69, 9.17) is 0 Å². The maximum Gasteiger partial charge on any atom is 0.262 e. The Morgan fingerprint density at radius 3 is 0.931 bits per heavy atom. The van der Waals surface area contributed by atoms with Crippen LogP contribution in [0.2, 0.25) is 0 Å². The van der Waals surface area contributed by atoms with Crippen LogP contribution in [0, 0.1) is 11.8 Å². The third kappa shape index (κ3) is 13.4. The Hall–Kier alpha value is -4.58. The Morgan fingerprint density at radius 1 is 0.278 bits per heavy atom. The minimum atomic E-state index is -0.228. The summed E-state index contributed by atoms with van der Waals surface area (Å²) < 4.78 is 3.16. The Morgan fingerprint density at radius 2 is 0.542 bits per heavy atom. The predicted molar refractivity (Wildman–Crippen MR) is 312 cm³/mol. The first kappa shape index (κ1) is 55.2. The molecule has 0 amide bonds. The molecule has 72 heavy (non-hydrogen) atoms. The van der Waals surface area contributed by atoms with Gasteiger partial charge in [0, 0.05) is 18.5 Å². The largest absolute Gasteiger partial charge is 0.274 e. The molecule has 7 aromatic rings. The Balaban J connectivity index is 1.30. The minimum Gasteiger partial charge on any atom is -0.274 e. The van der Waals surface area contributed by atoms with Crippen LogP contribution in [0.3, 0.4) is 0 Å². The summed E-state index contributed by atoms with van der Waals surface area (Å²) in [5, 5.41) is 8.26. The zero-order valence-corrected chi connectivity index (χ0v) is 45.5. The second kappa shape index (κ2) is 28.8. The zero-order valence-electron chi connectivity index (χ0n) is 45.5. The highest BCUT2D eigenvalue weighted by Gasteiger charge is 2.27. The van der Waals surface area contributed by atoms with E-state index >= 15 is 14.4 Å². The number of unbranched alkanes of at least 4 members (excludes halogenated alkanes) is 24. The molecule has 6 nitrogen and oxygen atoms in total. The SMILES string of the molecule is CCCCCCCCCCC(CCCCCCCC)Cn1c(=O)c2c3ccccc3c3c(ccc4c5ccccc5c5c(=O)n(CC(CCCCCCCC)CCCCCCCCCC)c(=O)c5c43)c2c1=O. The van der Waals surface area contributed by atoms with E-state index in [1.165, 1.54) is 154 Å². The first-order valence-electron chi connectivity index (χ1n) is 29.9. The molecule has 0 fully saturated rings. The molecule has 7 rings (SSSR count). The second-order valence-corrected chi connectivity index (χ2v) is 22.3. The van der Waals surface area contributed by atoms with Crippen LogP contribution in [0.25, 0.3) is 64.6 Å². The van der Waals surface area contributed by atoms with Gasteiger partial charge in [-0.15, -0.1) is 0 Å². The Kier molecular flexibility index (Phi) is 22.0. The summed E-state index contributed by atoms with van der Waals surface area (Å²) in [6.45, 7) is 9.90. The number of nitrogens with zero attached hydrogens (tertiary/aromatic N) is 2. The van der Waals surface area contributed by atoms with E-state index in [2.05, 4.69) is 33.8 Å². The van der Waals surface area contributed by atoms with Crippen molar-refractivity contribution in [1.29, 1.82) is 0 Å². The molecule has 390 valence electrons. The standard InChI is InChI=1S/C66H92N2O4/c1-5-9-13-17-21-23-27-31-39-49(37-29-25-19-15-11-7-3)47-67-63(69)59-54-44-36-35-43-53(54)57-56(61(59)65(67)71)46-45-55-51-41-33-34-42-52(51)60-62(58(55)57)66(72)68(64(60)70)48-50(38-30-26-20-16-12-8-4)40-32-28-24-22-18-14-10-6-2/h33-36,41-46,49-50H,5-32,37-40,47-48H2,1-4H3. The molecule has 0 saturated carbocycles. The maximum atomic E-state index is 15.4. The van der Waals surface area contributed by atoms with Gasteiger partial charge >= 0.3 is 0 Å². The van der Waals surface area contributed by atoms with Crippen molar-refractivity contribution >= 4 is 64.6 Å². The topological polar surface area (TPSA) is 78.1 Å².